The summed E-state index contributed by atoms with van der Waals surface area (Å²) in [6, 6.07) is 12.6. The number of carbonyl (C=O) groups is 5. The smallest absolute Gasteiger partial charge is 0.594 e. The Bertz CT molecular complexity index is 1350. The fourth-order valence-electron chi connectivity index (χ4n) is 5.20. The van der Waals surface area contributed by atoms with Crippen molar-refractivity contribution in [3.63, 3.8) is 0 Å². The molecule has 0 radical (unpaired) electrons. The lowest BCUT2D eigenvalue weighted by Gasteiger charge is -2.55. The molecular formula is C28H34BN3O10. The second-order valence-electron chi connectivity index (χ2n) is 10.9. The minimum atomic E-state index is -3.24. The quantitative estimate of drug-likeness (QED) is 0.203. The van der Waals surface area contributed by atoms with Gasteiger partial charge >= 0.3 is 18.7 Å². The molecule has 13 nitrogen and oxygen atoms in total. The number of aliphatic carboxylic acids is 1. The first-order valence-corrected chi connectivity index (χ1v) is 13.6. The summed E-state index contributed by atoms with van der Waals surface area (Å²) >= 11 is 0. The topological polar surface area (TPSA) is 183 Å². The lowest BCUT2D eigenvalue weighted by molar-refractivity contribution is -0.209. The second-order valence-corrected chi connectivity index (χ2v) is 10.9. The van der Waals surface area contributed by atoms with Crippen molar-refractivity contribution in [1.29, 1.82) is 0 Å². The van der Waals surface area contributed by atoms with Crippen LogP contribution in [0.4, 0.5) is 0 Å². The number of carbonyl (C=O) groups excluding carboxylic acids is 4. The molecule has 0 aliphatic carbocycles. The maximum Gasteiger partial charge on any atom is 0.594 e. The van der Waals surface area contributed by atoms with Crippen LogP contribution in [0.5, 0.6) is 0 Å². The molecule has 4 rings (SSSR count). The van der Waals surface area contributed by atoms with E-state index >= 15 is 0 Å². The Morgan fingerprint density at radius 3 is 2.43 bits per heavy atom. The molecule has 3 heterocycles. The Hall–Kier alpha value is -4.30. The molecule has 14 heteroatoms. The first-order chi connectivity index (χ1) is 19.9. The summed E-state index contributed by atoms with van der Waals surface area (Å²) in [5.41, 5.74) is -0.618. The van der Waals surface area contributed by atoms with E-state index < -0.39 is 73.0 Å². The molecular weight excluding hydrogens is 549 g/mol. The maximum atomic E-state index is 13.6. The van der Waals surface area contributed by atoms with Gasteiger partial charge in [-0.1, -0.05) is 56.7 Å². The highest BCUT2D eigenvalue weighted by molar-refractivity contribution is 6.66. The van der Waals surface area contributed by atoms with Crippen LogP contribution in [-0.2, 0) is 33.2 Å². The second kappa shape index (κ2) is 12.3. The molecule has 0 spiro atoms. The predicted octanol–water partition coefficient (Wildman–Crippen LogP) is 0.570. The number of ether oxygens (including phenoxy) is 1. The summed E-state index contributed by atoms with van der Waals surface area (Å²) in [6.45, 7) is 1.70. The minimum Gasteiger partial charge on any atom is -0.717 e. The van der Waals surface area contributed by atoms with Crippen LogP contribution >= 0.6 is 0 Å². The van der Waals surface area contributed by atoms with E-state index in [-0.39, 0.29) is 18.0 Å². The molecule has 2 aliphatic rings. The lowest BCUT2D eigenvalue weighted by atomic mass is 9.61. The zero-order valence-corrected chi connectivity index (χ0v) is 23.7. The van der Waals surface area contributed by atoms with E-state index in [2.05, 4.69) is 20.3 Å². The van der Waals surface area contributed by atoms with Gasteiger partial charge in [-0.15, -0.1) is 0 Å². The van der Waals surface area contributed by atoms with E-state index in [9.17, 15) is 29.1 Å². The van der Waals surface area contributed by atoms with Crippen molar-refractivity contribution in [3.05, 3.63) is 54.2 Å². The highest BCUT2D eigenvalue weighted by Gasteiger charge is 2.66. The normalized spacial score (nSPS) is 23.6. The van der Waals surface area contributed by atoms with Crippen LogP contribution in [0.25, 0.3) is 11.3 Å². The van der Waals surface area contributed by atoms with Gasteiger partial charge in [0.15, 0.2) is 5.60 Å². The zero-order chi connectivity index (χ0) is 30.7. The highest BCUT2D eigenvalue weighted by atomic mass is 16.8. The van der Waals surface area contributed by atoms with Gasteiger partial charge in [-0.2, -0.15) is 0 Å². The van der Waals surface area contributed by atoms with E-state index in [0.717, 1.165) is 12.7 Å². The SMILES string of the molecule is COC(=O)[C@]12CC(=O)O[B-]([C@H](CC(C)C)NC(=O)[C@@H](NC(=O)c3cccc(-c4ccccc4)n3)[C@@H](C)O)(O1)[OH+]C(=O)C2. The Morgan fingerprint density at radius 1 is 1.07 bits per heavy atom. The third-order valence-electron chi connectivity index (χ3n) is 7.11. The first kappa shape index (κ1) is 30.7. The van der Waals surface area contributed by atoms with Gasteiger partial charge in [-0.25, -0.2) is 9.78 Å². The highest BCUT2D eigenvalue weighted by Crippen LogP contribution is 2.39. The molecule has 1 aromatic carbocycles. The fraction of sp³-hybridized carbons (Fsp3) is 0.429. The number of aliphatic hydroxyl groups excluding tert-OH is 1. The molecule has 2 aliphatic heterocycles. The summed E-state index contributed by atoms with van der Waals surface area (Å²) in [6.07, 6.45) is -2.35. The zero-order valence-electron chi connectivity index (χ0n) is 23.7. The number of pyridine rings is 1. The number of aliphatic hydroxyl groups is 1. The van der Waals surface area contributed by atoms with Gasteiger partial charge in [0.05, 0.1) is 25.3 Å². The molecule has 2 fully saturated rings. The molecule has 1 unspecified atom stereocenters. The van der Waals surface area contributed by atoms with Crippen molar-refractivity contribution in [2.75, 3.05) is 7.11 Å². The number of benzene rings is 1. The molecule has 2 aromatic rings. The van der Waals surface area contributed by atoms with Crippen LogP contribution in [0.3, 0.4) is 0 Å². The van der Waals surface area contributed by atoms with E-state index in [4.69, 9.17) is 14.0 Å². The summed E-state index contributed by atoms with van der Waals surface area (Å²) in [5.74, 6) is -5.49. The summed E-state index contributed by atoms with van der Waals surface area (Å²) in [7, 11) is 1.10. The summed E-state index contributed by atoms with van der Waals surface area (Å²) in [4.78, 5) is 69.1. The molecule has 2 bridgehead atoms. The Labute approximate surface area is 242 Å². The molecule has 1 aromatic heterocycles. The molecule has 0 saturated carbocycles. The average Bonchev–Trinajstić information content (AvgIpc) is 2.94. The Morgan fingerprint density at radius 2 is 1.79 bits per heavy atom. The molecule has 4 N–H and O–H groups in total. The van der Waals surface area contributed by atoms with Crippen LogP contribution in [0.1, 0.15) is 50.5 Å². The van der Waals surface area contributed by atoms with Crippen LogP contribution in [0, 0.1) is 5.92 Å². The number of nitrogens with zero attached hydrogens (tertiary/aromatic N) is 1. The lowest BCUT2D eigenvalue weighted by Crippen LogP contribution is -2.77. The Balaban J connectivity index is 1.59. The van der Waals surface area contributed by atoms with Crippen LogP contribution in [-0.4, -0.2) is 82.0 Å². The van der Waals surface area contributed by atoms with Crippen LogP contribution < -0.4 is 10.6 Å². The molecule has 5 atom stereocenters. The molecule has 42 heavy (non-hydrogen) atoms. The van der Waals surface area contributed by atoms with Gasteiger partial charge in [-0.05, 0) is 25.0 Å². The summed E-state index contributed by atoms with van der Waals surface area (Å²) in [5, 5.41) is 15.6. The number of carboxylic acids is 1. The number of esters is 1. The number of fused-ring (bicyclic) bond motifs is 2. The van der Waals surface area contributed by atoms with Gasteiger partial charge in [0, 0.05) is 16.3 Å². The van der Waals surface area contributed by atoms with Crippen molar-refractivity contribution in [3.8, 4) is 11.3 Å². The van der Waals surface area contributed by atoms with E-state index in [0.29, 0.717) is 5.69 Å². The van der Waals surface area contributed by atoms with Gasteiger partial charge in [0.1, 0.15) is 18.2 Å². The Kier molecular flexibility index (Phi) is 8.97. The predicted molar refractivity (Wildman–Crippen MR) is 148 cm³/mol. The van der Waals surface area contributed by atoms with E-state index in [1.165, 1.54) is 13.0 Å². The van der Waals surface area contributed by atoms with E-state index in [1.807, 2.05) is 44.2 Å². The standard InChI is InChI=1S/C28H34BN3O10/c1-16(2)13-21(29-40-22(34)14-28(42-29,27(38)39-4)15-23(35)41-29)31-26(37)24(17(3)33)32-25(36)20-12-8-11-19(30-20)18-9-6-5-7-10-18/h5-12,16-17,21,24,33,40H,13-15H2,1-4H3,(H,31,37)(H,32,36)/t17-,21+,24+,28+,29?/m1/s1. The number of hydrogen-bond acceptors (Lipinski definition) is 10. The molecule has 224 valence electrons. The van der Waals surface area contributed by atoms with Crippen molar-refractivity contribution in [2.24, 2.45) is 5.92 Å². The fourth-order valence-corrected chi connectivity index (χ4v) is 5.20. The number of rotatable bonds is 10. The molecule has 2 saturated heterocycles. The van der Waals surface area contributed by atoms with Crippen molar-refractivity contribution in [2.45, 2.75) is 63.7 Å². The third kappa shape index (κ3) is 6.44. The number of nitrogens with one attached hydrogen (secondary N) is 2. The first-order valence-electron chi connectivity index (χ1n) is 13.6. The number of amides is 2. The number of aromatic nitrogens is 1. The van der Waals surface area contributed by atoms with E-state index in [1.54, 1.807) is 12.1 Å². The van der Waals surface area contributed by atoms with Crippen molar-refractivity contribution < 1.29 is 47.8 Å². The van der Waals surface area contributed by atoms with Crippen molar-refractivity contribution >= 4 is 36.5 Å². The van der Waals surface area contributed by atoms with Gasteiger partial charge in [0.25, 0.3) is 11.9 Å². The van der Waals surface area contributed by atoms with Gasteiger partial charge in [-0.3, -0.25) is 14.4 Å². The monoisotopic (exact) mass is 583 g/mol. The number of hydrogen-bond donors (Lipinski definition) is 3. The number of methoxy groups -OCH3 is 1. The summed E-state index contributed by atoms with van der Waals surface area (Å²) < 4.78 is 20.3. The van der Waals surface area contributed by atoms with Gasteiger partial charge in [0.2, 0.25) is 5.91 Å². The molecule has 2 amide bonds. The average molecular weight is 583 g/mol. The van der Waals surface area contributed by atoms with Crippen LogP contribution in [0.15, 0.2) is 48.5 Å². The minimum absolute atomic E-state index is 0.0108. The van der Waals surface area contributed by atoms with Crippen molar-refractivity contribution in [1.82, 2.24) is 15.6 Å². The third-order valence-corrected chi connectivity index (χ3v) is 7.11. The van der Waals surface area contributed by atoms with Gasteiger partial charge < -0.3 is 34.4 Å². The van der Waals surface area contributed by atoms with Crippen LogP contribution in [0.2, 0.25) is 0 Å². The largest absolute Gasteiger partial charge is 0.717 e. The maximum absolute atomic E-state index is 13.6.